The predicted molar refractivity (Wildman–Crippen MR) is 96.0 cm³/mol. The first-order valence-corrected chi connectivity index (χ1v) is 9.19. The summed E-state index contributed by atoms with van der Waals surface area (Å²) in [7, 11) is 0. The van der Waals surface area contributed by atoms with Gasteiger partial charge >= 0.3 is 0 Å². The van der Waals surface area contributed by atoms with Crippen LogP contribution in [0.5, 0.6) is 0 Å². The highest BCUT2D eigenvalue weighted by Crippen LogP contribution is 2.24. The van der Waals surface area contributed by atoms with Crippen molar-refractivity contribution in [2.45, 2.75) is 91.4 Å². The fourth-order valence-corrected chi connectivity index (χ4v) is 3.07. The van der Waals surface area contributed by atoms with Crippen LogP contribution in [-0.4, -0.2) is 0 Å². The third-order valence-electron chi connectivity index (χ3n) is 4.34. The highest BCUT2D eigenvalue weighted by atomic mass is 14.2. The molecule has 0 spiro atoms. The molecule has 1 aromatic rings. The van der Waals surface area contributed by atoms with Gasteiger partial charge in [0.25, 0.3) is 0 Å². The molecule has 0 amide bonds. The van der Waals surface area contributed by atoms with Crippen LogP contribution in [-0.2, 0) is 25.7 Å². The van der Waals surface area contributed by atoms with Crippen molar-refractivity contribution in [2.75, 3.05) is 0 Å². The molecule has 0 saturated carbocycles. The molecule has 1 rings (SSSR count). The molecule has 0 bridgehead atoms. The van der Waals surface area contributed by atoms with Gasteiger partial charge in [0.2, 0.25) is 0 Å². The third kappa shape index (κ3) is 6.24. The lowest BCUT2D eigenvalue weighted by atomic mass is 9.88. The predicted octanol–water partition coefficient (Wildman–Crippen LogP) is 6.48. The van der Waals surface area contributed by atoms with E-state index in [1.807, 2.05) is 0 Å². The maximum Gasteiger partial charge on any atom is -0.0274 e. The van der Waals surface area contributed by atoms with Gasteiger partial charge in [-0.1, -0.05) is 59.1 Å². The zero-order valence-electron chi connectivity index (χ0n) is 14.6. The van der Waals surface area contributed by atoms with Gasteiger partial charge in [-0.3, -0.25) is 0 Å². The Morgan fingerprint density at radius 2 is 1.19 bits per heavy atom. The van der Waals surface area contributed by atoms with E-state index in [2.05, 4.69) is 39.8 Å². The topological polar surface area (TPSA) is 0 Å². The average Bonchev–Trinajstić information content (AvgIpc) is 2.49. The zero-order chi connectivity index (χ0) is 15.5. The number of rotatable bonds is 11. The highest BCUT2D eigenvalue weighted by molar-refractivity contribution is 5.40. The third-order valence-corrected chi connectivity index (χ3v) is 4.34. The van der Waals surface area contributed by atoms with Crippen LogP contribution in [0.2, 0.25) is 0 Å². The SMILES string of the molecule is [CH2]CCc1cc(CCCC)c(CCCC)c(CCCC)c1. The Morgan fingerprint density at radius 3 is 1.62 bits per heavy atom. The Hall–Kier alpha value is -0.780. The van der Waals surface area contributed by atoms with E-state index in [-0.39, 0.29) is 0 Å². The van der Waals surface area contributed by atoms with Crippen molar-refractivity contribution >= 4 is 0 Å². The largest absolute Gasteiger partial charge is 0.0654 e. The van der Waals surface area contributed by atoms with Crippen LogP contribution in [0.4, 0.5) is 0 Å². The van der Waals surface area contributed by atoms with Crippen LogP contribution in [0.15, 0.2) is 12.1 Å². The summed E-state index contributed by atoms with van der Waals surface area (Å²) in [5.74, 6) is 0. The summed E-state index contributed by atoms with van der Waals surface area (Å²) >= 11 is 0. The molecular weight excluding hydrogens is 252 g/mol. The Kier molecular flexibility index (Phi) is 9.46. The number of benzene rings is 1. The van der Waals surface area contributed by atoms with Gasteiger partial charge in [-0.15, -0.1) is 0 Å². The minimum absolute atomic E-state index is 1.01. The van der Waals surface area contributed by atoms with Crippen molar-refractivity contribution in [2.24, 2.45) is 0 Å². The molecule has 0 saturated heterocycles. The molecule has 0 aromatic heterocycles. The number of aryl methyl sites for hydroxylation is 3. The van der Waals surface area contributed by atoms with Gasteiger partial charge in [-0.2, -0.15) is 0 Å². The van der Waals surface area contributed by atoms with E-state index in [1.54, 1.807) is 16.7 Å². The first kappa shape index (κ1) is 18.3. The molecule has 0 heterocycles. The van der Waals surface area contributed by atoms with Crippen molar-refractivity contribution in [3.63, 3.8) is 0 Å². The fraction of sp³-hybridized carbons (Fsp3) is 0.667. The van der Waals surface area contributed by atoms with Crippen molar-refractivity contribution in [3.8, 4) is 0 Å². The van der Waals surface area contributed by atoms with E-state index in [9.17, 15) is 0 Å². The monoisotopic (exact) mass is 287 g/mol. The van der Waals surface area contributed by atoms with Gasteiger partial charge in [-0.25, -0.2) is 0 Å². The van der Waals surface area contributed by atoms with E-state index >= 15 is 0 Å². The van der Waals surface area contributed by atoms with Gasteiger partial charge in [0.05, 0.1) is 0 Å². The van der Waals surface area contributed by atoms with Gasteiger partial charge in [0.15, 0.2) is 0 Å². The van der Waals surface area contributed by atoms with E-state index in [1.165, 1.54) is 63.4 Å². The van der Waals surface area contributed by atoms with Crippen LogP contribution in [0, 0.1) is 6.92 Å². The summed E-state index contributed by atoms with van der Waals surface area (Å²) in [6.45, 7) is 10.9. The van der Waals surface area contributed by atoms with Crippen LogP contribution < -0.4 is 0 Å². The summed E-state index contributed by atoms with van der Waals surface area (Å²) in [4.78, 5) is 0. The van der Waals surface area contributed by atoms with E-state index < -0.39 is 0 Å². The molecule has 119 valence electrons. The van der Waals surface area contributed by atoms with Gasteiger partial charge in [-0.05, 0) is 73.6 Å². The Morgan fingerprint density at radius 1 is 0.714 bits per heavy atom. The molecule has 1 aromatic carbocycles. The first-order chi connectivity index (χ1) is 10.3. The van der Waals surface area contributed by atoms with Crippen LogP contribution in [0.25, 0.3) is 0 Å². The van der Waals surface area contributed by atoms with E-state index in [0.29, 0.717) is 0 Å². The van der Waals surface area contributed by atoms with Crippen molar-refractivity contribution in [3.05, 3.63) is 41.3 Å². The van der Waals surface area contributed by atoms with Crippen LogP contribution >= 0.6 is 0 Å². The Labute approximate surface area is 133 Å². The molecule has 0 aliphatic heterocycles. The molecule has 0 heteroatoms. The summed E-state index contributed by atoms with van der Waals surface area (Å²) in [5.41, 5.74) is 6.48. The molecule has 21 heavy (non-hydrogen) atoms. The van der Waals surface area contributed by atoms with Crippen LogP contribution in [0.1, 0.15) is 88.0 Å². The summed E-state index contributed by atoms with van der Waals surface area (Å²) in [5, 5.41) is 0. The van der Waals surface area contributed by atoms with E-state index in [0.717, 1.165) is 12.8 Å². The molecule has 0 N–H and O–H groups in total. The van der Waals surface area contributed by atoms with Gasteiger partial charge < -0.3 is 0 Å². The van der Waals surface area contributed by atoms with Crippen molar-refractivity contribution in [1.82, 2.24) is 0 Å². The maximum absolute atomic E-state index is 4.04. The summed E-state index contributed by atoms with van der Waals surface area (Å²) in [6, 6.07) is 4.97. The van der Waals surface area contributed by atoms with Crippen LogP contribution in [0.3, 0.4) is 0 Å². The van der Waals surface area contributed by atoms with Gasteiger partial charge in [0, 0.05) is 0 Å². The van der Waals surface area contributed by atoms with Crippen molar-refractivity contribution in [1.29, 1.82) is 0 Å². The van der Waals surface area contributed by atoms with Crippen molar-refractivity contribution < 1.29 is 0 Å². The Bertz CT molecular complexity index is 360. The number of hydrogen-bond donors (Lipinski definition) is 0. The van der Waals surface area contributed by atoms with E-state index in [4.69, 9.17) is 0 Å². The standard InChI is InChI=1S/C21H35/c1-5-9-13-19-16-18(12-8-4)17-20(14-10-6-2)21(19)15-11-7-3/h16-17H,4-15H2,1-3H3. The molecule has 0 atom stereocenters. The number of hydrogen-bond acceptors (Lipinski definition) is 0. The first-order valence-electron chi connectivity index (χ1n) is 9.19. The highest BCUT2D eigenvalue weighted by Gasteiger charge is 2.10. The molecule has 0 unspecified atom stereocenters. The minimum Gasteiger partial charge on any atom is -0.0654 e. The molecule has 0 fully saturated rings. The Balaban J connectivity index is 3.09. The maximum atomic E-state index is 4.04. The molecular formula is C21H35. The second kappa shape index (κ2) is 10.9. The molecule has 0 aliphatic rings. The average molecular weight is 288 g/mol. The van der Waals surface area contributed by atoms with Gasteiger partial charge in [0.1, 0.15) is 0 Å². The minimum atomic E-state index is 1.01. The molecule has 0 aliphatic carbocycles. The number of unbranched alkanes of at least 4 members (excludes halogenated alkanes) is 3. The molecule has 1 radical (unpaired) electrons. The summed E-state index contributed by atoms with van der Waals surface area (Å²) < 4.78 is 0. The smallest absolute Gasteiger partial charge is 0.0274 e. The molecule has 0 nitrogen and oxygen atoms in total. The zero-order valence-corrected chi connectivity index (χ0v) is 14.6. The lowest BCUT2D eigenvalue weighted by Gasteiger charge is -2.17. The normalized spacial score (nSPS) is 11.0. The second-order valence-electron chi connectivity index (χ2n) is 6.31. The lowest BCUT2D eigenvalue weighted by molar-refractivity contribution is 0.732. The lowest BCUT2D eigenvalue weighted by Crippen LogP contribution is -2.04. The second-order valence-corrected chi connectivity index (χ2v) is 6.31. The summed E-state index contributed by atoms with van der Waals surface area (Å²) in [6.07, 6.45) is 13.8. The fourth-order valence-electron chi connectivity index (χ4n) is 3.07. The quantitative estimate of drug-likeness (QED) is 0.437.